The van der Waals surface area contributed by atoms with Gasteiger partial charge in [0.15, 0.2) is 0 Å². The van der Waals surface area contributed by atoms with Crippen LogP contribution in [-0.4, -0.2) is 4.98 Å². The zero-order valence-electron chi connectivity index (χ0n) is 10.7. The summed E-state index contributed by atoms with van der Waals surface area (Å²) in [5.41, 5.74) is 6.59. The molecular formula is C16H13BrN2O. The lowest BCUT2D eigenvalue weighted by Gasteiger charge is -2.09. The van der Waals surface area contributed by atoms with Crippen LogP contribution in [0.5, 0.6) is 11.6 Å². The van der Waals surface area contributed by atoms with Gasteiger partial charge in [-0.1, -0.05) is 30.3 Å². The second-order valence-corrected chi connectivity index (χ2v) is 5.35. The smallest absolute Gasteiger partial charge is 0.223 e. The van der Waals surface area contributed by atoms with Crippen molar-refractivity contribution < 1.29 is 4.74 Å². The van der Waals surface area contributed by atoms with Crippen LogP contribution in [-0.2, 0) is 6.54 Å². The van der Waals surface area contributed by atoms with E-state index in [0.717, 1.165) is 21.2 Å². The molecule has 0 saturated carbocycles. The molecule has 20 heavy (non-hydrogen) atoms. The Labute approximate surface area is 125 Å². The molecule has 0 bridgehead atoms. The molecule has 3 nitrogen and oxygen atoms in total. The number of fused-ring (bicyclic) bond motifs is 1. The Kier molecular flexibility index (Phi) is 3.67. The molecule has 0 amide bonds. The van der Waals surface area contributed by atoms with Crippen LogP contribution in [0.15, 0.2) is 59.2 Å². The molecule has 0 unspecified atom stereocenters. The maximum absolute atomic E-state index is 5.85. The summed E-state index contributed by atoms with van der Waals surface area (Å²) in [7, 11) is 0. The van der Waals surface area contributed by atoms with E-state index >= 15 is 0 Å². The number of pyridine rings is 1. The van der Waals surface area contributed by atoms with E-state index in [-0.39, 0.29) is 0 Å². The lowest BCUT2D eigenvalue weighted by Crippen LogP contribution is -2.01. The van der Waals surface area contributed by atoms with Crippen molar-refractivity contribution in [3.63, 3.8) is 0 Å². The first-order chi connectivity index (χ1) is 9.76. The van der Waals surface area contributed by atoms with Gasteiger partial charge in [-0.2, -0.15) is 0 Å². The third-order valence-electron chi connectivity index (χ3n) is 3.05. The number of hydrogen-bond donors (Lipinski definition) is 1. The molecule has 0 aliphatic carbocycles. The lowest BCUT2D eigenvalue weighted by atomic mass is 10.1. The van der Waals surface area contributed by atoms with E-state index in [2.05, 4.69) is 33.0 Å². The van der Waals surface area contributed by atoms with Crippen LogP contribution in [0.3, 0.4) is 0 Å². The van der Waals surface area contributed by atoms with Gasteiger partial charge in [-0.15, -0.1) is 0 Å². The number of ether oxygens (including phenoxy) is 1. The molecule has 2 N–H and O–H groups in total. The minimum absolute atomic E-state index is 0.384. The van der Waals surface area contributed by atoms with Gasteiger partial charge in [0, 0.05) is 22.8 Å². The lowest BCUT2D eigenvalue weighted by molar-refractivity contribution is 0.457. The van der Waals surface area contributed by atoms with Gasteiger partial charge >= 0.3 is 0 Å². The molecule has 100 valence electrons. The SMILES string of the molecule is NCc1cc(Br)cnc1Oc1ccc2ccccc2c1. The first kappa shape index (κ1) is 13.1. The minimum Gasteiger partial charge on any atom is -0.439 e. The van der Waals surface area contributed by atoms with Gasteiger partial charge in [-0.25, -0.2) is 4.98 Å². The molecule has 3 rings (SSSR count). The van der Waals surface area contributed by atoms with Gasteiger partial charge in [0.1, 0.15) is 5.75 Å². The average molecular weight is 329 g/mol. The quantitative estimate of drug-likeness (QED) is 0.781. The van der Waals surface area contributed by atoms with Gasteiger partial charge in [0.2, 0.25) is 5.88 Å². The summed E-state index contributed by atoms with van der Waals surface area (Å²) in [6, 6.07) is 16.0. The van der Waals surface area contributed by atoms with E-state index in [1.165, 1.54) is 5.39 Å². The second kappa shape index (κ2) is 5.61. The highest BCUT2D eigenvalue weighted by atomic mass is 79.9. The number of nitrogens with zero attached hydrogens (tertiary/aromatic N) is 1. The van der Waals surface area contributed by atoms with Crippen molar-refractivity contribution in [2.75, 3.05) is 0 Å². The summed E-state index contributed by atoms with van der Waals surface area (Å²) >= 11 is 3.38. The molecule has 0 spiro atoms. The standard InChI is InChI=1S/C16H13BrN2O/c17-14-7-13(9-18)16(19-10-14)20-15-6-5-11-3-1-2-4-12(11)8-15/h1-8,10H,9,18H2. The van der Waals surface area contributed by atoms with Gasteiger partial charge in [0.05, 0.1) is 0 Å². The topological polar surface area (TPSA) is 48.1 Å². The minimum atomic E-state index is 0.384. The van der Waals surface area contributed by atoms with Crippen LogP contribution < -0.4 is 10.5 Å². The number of hydrogen-bond acceptors (Lipinski definition) is 3. The highest BCUT2D eigenvalue weighted by Crippen LogP contribution is 2.27. The Morgan fingerprint density at radius 3 is 2.65 bits per heavy atom. The molecule has 2 aromatic carbocycles. The second-order valence-electron chi connectivity index (χ2n) is 4.43. The van der Waals surface area contributed by atoms with E-state index in [1.807, 2.05) is 36.4 Å². The molecule has 3 aromatic rings. The fourth-order valence-corrected chi connectivity index (χ4v) is 2.43. The molecule has 0 atom stereocenters. The number of halogens is 1. The summed E-state index contributed by atoms with van der Waals surface area (Å²) in [4.78, 5) is 4.28. The zero-order chi connectivity index (χ0) is 13.9. The zero-order valence-corrected chi connectivity index (χ0v) is 12.3. The van der Waals surface area contributed by atoms with Crippen LogP contribution in [0.4, 0.5) is 0 Å². The number of nitrogens with two attached hydrogens (primary N) is 1. The van der Waals surface area contributed by atoms with Gasteiger partial charge in [-0.05, 0) is 44.9 Å². The largest absolute Gasteiger partial charge is 0.439 e. The Bertz CT molecular complexity index is 758. The van der Waals surface area contributed by atoms with E-state index < -0.39 is 0 Å². The van der Waals surface area contributed by atoms with Crippen molar-refractivity contribution in [3.05, 3.63) is 64.8 Å². The summed E-state index contributed by atoms with van der Waals surface area (Å²) in [5, 5.41) is 2.32. The highest BCUT2D eigenvalue weighted by Gasteiger charge is 2.07. The molecule has 0 aliphatic rings. The average Bonchev–Trinajstić information content (AvgIpc) is 2.49. The summed E-state index contributed by atoms with van der Waals surface area (Å²) in [6.07, 6.45) is 1.70. The molecule has 1 aromatic heterocycles. The highest BCUT2D eigenvalue weighted by molar-refractivity contribution is 9.10. The van der Waals surface area contributed by atoms with E-state index in [0.29, 0.717) is 12.4 Å². The third-order valence-corrected chi connectivity index (χ3v) is 3.48. The Hall–Kier alpha value is -1.91. The van der Waals surface area contributed by atoms with Gasteiger partial charge in [0.25, 0.3) is 0 Å². The van der Waals surface area contributed by atoms with Crippen LogP contribution in [0.2, 0.25) is 0 Å². The van der Waals surface area contributed by atoms with Crippen molar-refractivity contribution in [1.29, 1.82) is 0 Å². The van der Waals surface area contributed by atoms with Crippen molar-refractivity contribution in [2.24, 2.45) is 5.73 Å². The molecule has 1 heterocycles. The summed E-state index contributed by atoms with van der Waals surface area (Å²) in [5.74, 6) is 1.30. The molecular weight excluding hydrogens is 316 g/mol. The Morgan fingerprint density at radius 1 is 1.05 bits per heavy atom. The number of rotatable bonds is 3. The maximum Gasteiger partial charge on any atom is 0.223 e. The Balaban J connectivity index is 1.96. The molecule has 0 saturated heterocycles. The molecule has 0 fully saturated rings. The van der Waals surface area contributed by atoms with E-state index in [1.54, 1.807) is 6.20 Å². The monoisotopic (exact) mass is 328 g/mol. The van der Waals surface area contributed by atoms with Crippen LogP contribution in [0.25, 0.3) is 10.8 Å². The molecule has 0 aliphatic heterocycles. The first-order valence-corrected chi connectivity index (χ1v) is 7.07. The Morgan fingerprint density at radius 2 is 1.85 bits per heavy atom. The molecule has 4 heteroatoms. The van der Waals surface area contributed by atoms with Crippen molar-refractivity contribution in [1.82, 2.24) is 4.98 Å². The van der Waals surface area contributed by atoms with E-state index in [4.69, 9.17) is 10.5 Å². The predicted octanol–water partition coefficient (Wildman–Crippen LogP) is 4.25. The fraction of sp³-hybridized carbons (Fsp3) is 0.0625. The fourth-order valence-electron chi connectivity index (χ4n) is 2.05. The van der Waals surface area contributed by atoms with Crippen LogP contribution >= 0.6 is 15.9 Å². The first-order valence-electron chi connectivity index (χ1n) is 6.27. The normalized spacial score (nSPS) is 10.7. The van der Waals surface area contributed by atoms with Gasteiger partial charge in [-0.3, -0.25) is 0 Å². The van der Waals surface area contributed by atoms with Gasteiger partial charge < -0.3 is 10.5 Å². The van der Waals surface area contributed by atoms with Crippen LogP contribution in [0.1, 0.15) is 5.56 Å². The van der Waals surface area contributed by atoms with Crippen molar-refractivity contribution >= 4 is 26.7 Å². The predicted molar refractivity (Wildman–Crippen MR) is 83.9 cm³/mol. The van der Waals surface area contributed by atoms with Crippen molar-refractivity contribution in [2.45, 2.75) is 6.54 Å². The van der Waals surface area contributed by atoms with Crippen molar-refractivity contribution in [3.8, 4) is 11.6 Å². The number of aromatic nitrogens is 1. The third kappa shape index (κ3) is 2.66. The summed E-state index contributed by atoms with van der Waals surface area (Å²) < 4.78 is 6.74. The van der Waals surface area contributed by atoms with Crippen LogP contribution in [0, 0.1) is 0 Å². The summed E-state index contributed by atoms with van der Waals surface area (Å²) in [6.45, 7) is 0.384. The molecule has 0 radical (unpaired) electrons. The number of benzene rings is 2. The van der Waals surface area contributed by atoms with E-state index in [9.17, 15) is 0 Å². The maximum atomic E-state index is 5.85.